The molecule has 0 aliphatic rings. The monoisotopic (exact) mass is 931 g/mol. The summed E-state index contributed by atoms with van der Waals surface area (Å²) in [6.07, 6.45) is 56.2. The van der Waals surface area contributed by atoms with E-state index < -0.39 is 33.2 Å². The molecule has 0 amide bonds. The molecular formula is C54H107O9P. The molecule has 3 unspecified atom stereocenters. The summed E-state index contributed by atoms with van der Waals surface area (Å²) in [5.74, 6) is -0.374. The number of carbonyl (C=O) groups excluding carboxylic acids is 1. The van der Waals surface area contributed by atoms with Crippen molar-refractivity contribution in [1.29, 1.82) is 0 Å². The van der Waals surface area contributed by atoms with E-state index in [1.807, 2.05) is 0 Å². The Kier molecular flexibility index (Phi) is 50.9. The molecule has 0 radical (unpaired) electrons. The number of allylic oxidation sites excluding steroid dienone is 2. The van der Waals surface area contributed by atoms with Crippen molar-refractivity contribution in [3.05, 3.63) is 12.2 Å². The third-order valence-corrected chi connectivity index (χ3v) is 13.4. The van der Waals surface area contributed by atoms with Gasteiger partial charge in [-0.15, -0.1) is 0 Å². The predicted octanol–water partition coefficient (Wildman–Crippen LogP) is 16.4. The van der Waals surface area contributed by atoms with Crippen molar-refractivity contribution in [2.24, 2.45) is 0 Å². The molecule has 0 rings (SSSR count). The number of hydrogen-bond donors (Lipinski definition) is 3. The molecule has 9 nitrogen and oxygen atoms in total. The van der Waals surface area contributed by atoms with Gasteiger partial charge in [0.15, 0.2) is 0 Å². The predicted molar refractivity (Wildman–Crippen MR) is 270 cm³/mol. The number of phosphoric ester groups is 1. The summed E-state index contributed by atoms with van der Waals surface area (Å²) in [7, 11) is -4.52. The first-order chi connectivity index (χ1) is 31.3. The summed E-state index contributed by atoms with van der Waals surface area (Å²) in [4.78, 5) is 22.7. The quantitative estimate of drug-likeness (QED) is 0.0236. The average molecular weight is 931 g/mol. The van der Waals surface area contributed by atoms with Crippen molar-refractivity contribution in [3.8, 4) is 0 Å². The Hall–Kier alpha value is -0.800. The molecule has 0 bridgehead atoms. The lowest BCUT2D eigenvalue weighted by atomic mass is 10.0. The first-order valence-corrected chi connectivity index (χ1v) is 29.2. The largest absolute Gasteiger partial charge is 0.472 e. The molecule has 0 aliphatic carbocycles. The Morgan fingerprint density at radius 1 is 0.469 bits per heavy atom. The Morgan fingerprint density at radius 2 is 0.797 bits per heavy atom. The van der Waals surface area contributed by atoms with E-state index >= 15 is 0 Å². The van der Waals surface area contributed by atoms with Crippen LogP contribution in [0.25, 0.3) is 0 Å². The smallest absolute Gasteiger partial charge is 0.457 e. The van der Waals surface area contributed by atoms with Gasteiger partial charge in [-0.3, -0.25) is 13.8 Å². The first kappa shape index (κ1) is 63.2. The van der Waals surface area contributed by atoms with E-state index in [-0.39, 0.29) is 25.6 Å². The van der Waals surface area contributed by atoms with Crippen LogP contribution in [0.1, 0.15) is 284 Å². The molecule has 3 atom stereocenters. The number of aliphatic hydroxyl groups is 2. The number of ether oxygens (including phenoxy) is 2. The summed E-state index contributed by atoms with van der Waals surface area (Å²) >= 11 is 0. The fourth-order valence-corrected chi connectivity index (χ4v) is 9.03. The standard InChI is InChI=1S/C54H107O9P/c1-3-5-7-9-11-13-15-17-19-21-23-25-27-29-31-33-35-37-39-41-43-45-47-60-50-53(51-62-64(58,59)61-49-52(56)48-55)63-54(57)46-44-42-40-38-36-34-32-30-28-26-24-22-20-18-16-14-12-10-8-6-4-2/h21,23,52-53,55-56H,3-20,22,24-51H2,1-2H3,(H,58,59)/b23-21-. The molecule has 0 aromatic heterocycles. The van der Waals surface area contributed by atoms with Crippen LogP contribution in [0, 0.1) is 0 Å². The topological polar surface area (TPSA) is 132 Å². The maximum Gasteiger partial charge on any atom is 0.472 e. The minimum absolute atomic E-state index is 0.0549. The van der Waals surface area contributed by atoms with Gasteiger partial charge in [0.25, 0.3) is 0 Å². The fourth-order valence-electron chi connectivity index (χ4n) is 8.24. The SMILES string of the molecule is CCCCCCCCCC/C=C\CCCCCCCCCCCCOCC(COP(=O)(O)OCC(O)CO)OC(=O)CCCCCCCCCCCCCCCCCCCCCCC. The van der Waals surface area contributed by atoms with E-state index in [1.54, 1.807) is 0 Å². The zero-order chi connectivity index (χ0) is 46.7. The summed E-state index contributed by atoms with van der Waals surface area (Å²) < 4.78 is 33.6. The van der Waals surface area contributed by atoms with Crippen LogP contribution in [-0.2, 0) is 27.9 Å². The van der Waals surface area contributed by atoms with Gasteiger partial charge in [-0.1, -0.05) is 251 Å². The number of rotatable bonds is 54. The lowest BCUT2D eigenvalue weighted by molar-refractivity contribution is -0.154. The third kappa shape index (κ3) is 50.6. The van der Waals surface area contributed by atoms with Gasteiger partial charge < -0.3 is 24.6 Å². The first-order valence-electron chi connectivity index (χ1n) is 27.7. The highest BCUT2D eigenvalue weighted by atomic mass is 31.2. The molecule has 0 saturated carbocycles. The highest BCUT2D eigenvalue weighted by Gasteiger charge is 2.26. The van der Waals surface area contributed by atoms with Crippen LogP contribution in [0.4, 0.5) is 0 Å². The van der Waals surface area contributed by atoms with Gasteiger partial charge in [0.2, 0.25) is 0 Å². The number of phosphoric acid groups is 1. The Balaban J connectivity index is 3.99. The van der Waals surface area contributed by atoms with Gasteiger partial charge in [-0.25, -0.2) is 4.57 Å². The van der Waals surface area contributed by atoms with Crippen molar-refractivity contribution in [2.75, 3.05) is 33.0 Å². The second kappa shape index (κ2) is 51.6. The highest BCUT2D eigenvalue weighted by molar-refractivity contribution is 7.47. The number of hydrogen-bond acceptors (Lipinski definition) is 8. The summed E-state index contributed by atoms with van der Waals surface area (Å²) in [5, 5.41) is 18.4. The highest BCUT2D eigenvalue weighted by Crippen LogP contribution is 2.43. The molecule has 382 valence electrons. The number of unbranched alkanes of at least 4 members (excludes halogenated alkanes) is 38. The van der Waals surface area contributed by atoms with Crippen LogP contribution in [0.3, 0.4) is 0 Å². The van der Waals surface area contributed by atoms with E-state index in [1.165, 1.54) is 231 Å². The van der Waals surface area contributed by atoms with Gasteiger partial charge in [0, 0.05) is 13.0 Å². The normalized spacial score (nSPS) is 13.8. The molecule has 3 N–H and O–H groups in total. The second-order valence-electron chi connectivity index (χ2n) is 19.0. The third-order valence-electron chi connectivity index (χ3n) is 12.5. The molecule has 0 heterocycles. The second-order valence-corrected chi connectivity index (χ2v) is 20.4. The lowest BCUT2D eigenvalue weighted by Gasteiger charge is -2.20. The van der Waals surface area contributed by atoms with E-state index in [0.29, 0.717) is 6.61 Å². The molecule has 0 aromatic rings. The van der Waals surface area contributed by atoms with Crippen molar-refractivity contribution in [3.63, 3.8) is 0 Å². The summed E-state index contributed by atoms with van der Waals surface area (Å²) in [5.41, 5.74) is 0. The van der Waals surface area contributed by atoms with Gasteiger partial charge >= 0.3 is 13.8 Å². The molecule has 0 fully saturated rings. The molecule has 0 aromatic carbocycles. The van der Waals surface area contributed by atoms with Gasteiger partial charge in [-0.2, -0.15) is 0 Å². The average Bonchev–Trinajstić information content (AvgIpc) is 3.29. The van der Waals surface area contributed by atoms with Crippen LogP contribution < -0.4 is 0 Å². The molecule has 0 saturated heterocycles. The Morgan fingerprint density at radius 3 is 1.17 bits per heavy atom. The van der Waals surface area contributed by atoms with Gasteiger partial charge in [-0.05, 0) is 38.5 Å². The van der Waals surface area contributed by atoms with Crippen LogP contribution in [-0.4, -0.2) is 66.3 Å². The van der Waals surface area contributed by atoms with E-state index in [4.69, 9.17) is 23.6 Å². The molecule has 0 spiro atoms. The van der Waals surface area contributed by atoms with Crippen LogP contribution >= 0.6 is 7.82 Å². The molecule has 64 heavy (non-hydrogen) atoms. The number of aliphatic hydroxyl groups excluding tert-OH is 2. The van der Waals surface area contributed by atoms with Crippen LogP contribution in [0.5, 0.6) is 0 Å². The zero-order valence-electron chi connectivity index (χ0n) is 42.3. The van der Waals surface area contributed by atoms with Crippen molar-refractivity contribution in [2.45, 2.75) is 296 Å². The molecule has 0 aliphatic heterocycles. The lowest BCUT2D eigenvalue weighted by Crippen LogP contribution is -2.29. The van der Waals surface area contributed by atoms with Crippen LogP contribution in [0.2, 0.25) is 0 Å². The zero-order valence-corrected chi connectivity index (χ0v) is 43.2. The molecular weight excluding hydrogens is 824 g/mol. The van der Waals surface area contributed by atoms with Crippen LogP contribution in [0.15, 0.2) is 12.2 Å². The minimum atomic E-state index is -4.52. The fraction of sp³-hybridized carbons (Fsp3) is 0.944. The Bertz CT molecular complexity index is 1010. The van der Waals surface area contributed by atoms with E-state index in [0.717, 1.165) is 32.1 Å². The number of esters is 1. The van der Waals surface area contributed by atoms with E-state index in [9.17, 15) is 19.4 Å². The summed E-state index contributed by atoms with van der Waals surface area (Å²) in [6, 6.07) is 0. The van der Waals surface area contributed by atoms with Crippen molar-refractivity contribution < 1.29 is 43.0 Å². The number of carbonyl (C=O) groups is 1. The van der Waals surface area contributed by atoms with E-state index in [2.05, 4.69) is 26.0 Å². The Labute approximate surface area is 396 Å². The van der Waals surface area contributed by atoms with Crippen molar-refractivity contribution in [1.82, 2.24) is 0 Å². The van der Waals surface area contributed by atoms with Gasteiger partial charge in [0.05, 0.1) is 26.4 Å². The van der Waals surface area contributed by atoms with Crippen molar-refractivity contribution >= 4 is 13.8 Å². The minimum Gasteiger partial charge on any atom is -0.457 e. The van der Waals surface area contributed by atoms with Gasteiger partial charge in [0.1, 0.15) is 12.2 Å². The molecule has 10 heteroatoms. The maximum absolute atomic E-state index is 12.7. The summed E-state index contributed by atoms with van der Waals surface area (Å²) in [6.45, 7) is 3.59. The maximum atomic E-state index is 12.7.